The van der Waals surface area contributed by atoms with Crippen LogP contribution in [0, 0.1) is 28.6 Å². The van der Waals surface area contributed by atoms with Crippen molar-refractivity contribution in [2.45, 2.75) is 72.1 Å². The van der Waals surface area contributed by atoms with Crippen molar-refractivity contribution in [3.05, 3.63) is 0 Å². The normalized spacial score (nSPS) is 47.4. The summed E-state index contributed by atoms with van der Waals surface area (Å²) in [5.41, 5.74) is 1.31. The van der Waals surface area contributed by atoms with E-state index in [9.17, 15) is 0 Å². The van der Waals surface area contributed by atoms with E-state index in [0.29, 0.717) is 10.8 Å². The Morgan fingerprint density at radius 3 is 2.06 bits per heavy atom. The van der Waals surface area contributed by atoms with E-state index in [2.05, 4.69) is 20.8 Å². The van der Waals surface area contributed by atoms with Crippen molar-refractivity contribution in [2.75, 3.05) is 0 Å². The van der Waals surface area contributed by atoms with Crippen molar-refractivity contribution < 1.29 is 0 Å². The molecule has 0 N–H and O–H groups in total. The van der Waals surface area contributed by atoms with E-state index in [0.717, 1.165) is 17.8 Å². The van der Waals surface area contributed by atoms with Gasteiger partial charge in [0.15, 0.2) is 0 Å². The maximum absolute atomic E-state index is 2.62. The summed E-state index contributed by atoms with van der Waals surface area (Å²) in [7, 11) is 0. The van der Waals surface area contributed by atoms with Crippen molar-refractivity contribution in [1.29, 1.82) is 0 Å². The van der Waals surface area contributed by atoms with E-state index in [4.69, 9.17) is 0 Å². The van der Waals surface area contributed by atoms with Crippen LogP contribution in [0.1, 0.15) is 72.1 Å². The van der Waals surface area contributed by atoms with Gasteiger partial charge in [0.05, 0.1) is 0 Å². The topological polar surface area (TPSA) is 0 Å². The Labute approximate surface area is 101 Å². The van der Waals surface area contributed by atoms with E-state index >= 15 is 0 Å². The molecule has 1 unspecified atom stereocenters. The SMILES string of the molecule is CC1(C)[C@@H]2CC[C@]1(C)C(C1CCCCC1)C2. The van der Waals surface area contributed by atoms with Crippen molar-refractivity contribution in [3.63, 3.8) is 0 Å². The average Bonchev–Trinajstić information content (AvgIpc) is 2.62. The molecule has 0 aromatic heterocycles. The first-order chi connectivity index (χ1) is 7.56. The van der Waals surface area contributed by atoms with E-state index < -0.39 is 0 Å². The van der Waals surface area contributed by atoms with Crippen LogP contribution in [0.4, 0.5) is 0 Å². The molecule has 0 aliphatic heterocycles. The summed E-state index contributed by atoms with van der Waals surface area (Å²) in [6, 6.07) is 0. The van der Waals surface area contributed by atoms with Gasteiger partial charge in [-0.05, 0) is 47.8 Å². The van der Waals surface area contributed by atoms with Gasteiger partial charge in [-0.2, -0.15) is 0 Å². The van der Waals surface area contributed by atoms with Gasteiger partial charge in [0.1, 0.15) is 0 Å². The van der Waals surface area contributed by atoms with Gasteiger partial charge in [0.2, 0.25) is 0 Å². The average molecular weight is 220 g/mol. The molecule has 0 aromatic rings. The summed E-state index contributed by atoms with van der Waals surface area (Å²) in [5.74, 6) is 3.20. The summed E-state index contributed by atoms with van der Waals surface area (Å²) in [4.78, 5) is 0. The van der Waals surface area contributed by atoms with Crippen molar-refractivity contribution in [1.82, 2.24) is 0 Å². The first kappa shape index (κ1) is 11.1. The minimum Gasteiger partial charge on any atom is -0.0591 e. The van der Waals surface area contributed by atoms with Crippen LogP contribution < -0.4 is 0 Å². The molecule has 3 saturated carbocycles. The van der Waals surface area contributed by atoms with Crippen LogP contribution in [0.2, 0.25) is 0 Å². The van der Waals surface area contributed by atoms with Gasteiger partial charge in [-0.25, -0.2) is 0 Å². The highest BCUT2D eigenvalue weighted by molar-refractivity contribution is 5.11. The molecule has 3 rings (SSSR count). The maximum atomic E-state index is 2.62. The van der Waals surface area contributed by atoms with E-state index in [1.165, 1.54) is 32.1 Å². The number of rotatable bonds is 1. The minimum atomic E-state index is 0.634. The molecule has 2 bridgehead atoms. The molecule has 0 radical (unpaired) electrons. The largest absolute Gasteiger partial charge is 0.0591 e. The molecular weight excluding hydrogens is 192 g/mol. The summed E-state index contributed by atoms with van der Waals surface area (Å²) < 4.78 is 0. The molecule has 0 nitrogen and oxygen atoms in total. The highest BCUT2D eigenvalue weighted by atomic mass is 14.7. The lowest BCUT2D eigenvalue weighted by Crippen LogP contribution is -2.36. The quantitative estimate of drug-likeness (QED) is 0.581. The van der Waals surface area contributed by atoms with Crippen LogP contribution in [0.15, 0.2) is 0 Å². The van der Waals surface area contributed by atoms with Gasteiger partial charge in [-0.3, -0.25) is 0 Å². The lowest BCUT2D eigenvalue weighted by molar-refractivity contribution is 0.0526. The highest BCUT2D eigenvalue weighted by Gasteiger charge is 2.62. The zero-order valence-electron chi connectivity index (χ0n) is 11.4. The van der Waals surface area contributed by atoms with Crippen LogP contribution in [-0.4, -0.2) is 0 Å². The van der Waals surface area contributed by atoms with Crippen molar-refractivity contribution in [3.8, 4) is 0 Å². The predicted octanol–water partition coefficient (Wildman–Crippen LogP) is 5.03. The lowest BCUT2D eigenvalue weighted by Gasteiger charge is -2.44. The molecule has 16 heavy (non-hydrogen) atoms. The molecule has 3 atom stereocenters. The molecular formula is C16H28. The Hall–Kier alpha value is 0. The van der Waals surface area contributed by atoms with Gasteiger partial charge >= 0.3 is 0 Å². The second-order valence-electron chi connectivity index (χ2n) is 7.62. The number of hydrogen-bond donors (Lipinski definition) is 0. The maximum Gasteiger partial charge on any atom is -0.0241 e. The summed E-state index contributed by atoms with van der Waals surface area (Å²) in [5, 5.41) is 0. The fraction of sp³-hybridized carbons (Fsp3) is 1.00. The molecule has 0 heterocycles. The molecule has 0 heteroatoms. The smallest absolute Gasteiger partial charge is 0.0241 e. The minimum absolute atomic E-state index is 0.634. The molecule has 0 spiro atoms. The van der Waals surface area contributed by atoms with E-state index in [1.807, 2.05) is 0 Å². The first-order valence-corrected chi connectivity index (χ1v) is 7.56. The molecule has 0 amide bonds. The van der Waals surface area contributed by atoms with Gasteiger partial charge < -0.3 is 0 Å². The molecule has 3 aliphatic carbocycles. The summed E-state index contributed by atoms with van der Waals surface area (Å²) in [6.45, 7) is 7.75. The highest BCUT2D eigenvalue weighted by Crippen LogP contribution is 2.70. The zero-order valence-corrected chi connectivity index (χ0v) is 11.4. The van der Waals surface area contributed by atoms with E-state index in [-0.39, 0.29) is 0 Å². The number of hydrogen-bond acceptors (Lipinski definition) is 0. The molecule has 0 saturated heterocycles. The summed E-state index contributed by atoms with van der Waals surface area (Å²) in [6.07, 6.45) is 12.2. The Bertz CT molecular complexity index is 272. The van der Waals surface area contributed by atoms with Crippen LogP contribution >= 0.6 is 0 Å². The van der Waals surface area contributed by atoms with Crippen LogP contribution in [-0.2, 0) is 0 Å². The van der Waals surface area contributed by atoms with Crippen molar-refractivity contribution >= 4 is 0 Å². The van der Waals surface area contributed by atoms with Gasteiger partial charge in [0.25, 0.3) is 0 Å². The predicted molar refractivity (Wildman–Crippen MR) is 69.3 cm³/mol. The Kier molecular flexibility index (Phi) is 2.43. The fourth-order valence-corrected chi connectivity index (χ4v) is 5.51. The second kappa shape index (κ2) is 3.50. The molecule has 0 aromatic carbocycles. The Balaban J connectivity index is 1.83. The monoisotopic (exact) mass is 220 g/mol. The Morgan fingerprint density at radius 2 is 1.56 bits per heavy atom. The van der Waals surface area contributed by atoms with E-state index in [1.54, 1.807) is 19.3 Å². The van der Waals surface area contributed by atoms with Crippen LogP contribution in [0.3, 0.4) is 0 Å². The molecule has 92 valence electrons. The third-order valence-corrected chi connectivity index (χ3v) is 7.08. The van der Waals surface area contributed by atoms with Crippen LogP contribution in [0.5, 0.6) is 0 Å². The van der Waals surface area contributed by atoms with Gasteiger partial charge in [0, 0.05) is 0 Å². The fourth-order valence-electron chi connectivity index (χ4n) is 5.51. The lowest BCUT2D eigenvalue weighted by atomic mass is 9.61. The van der Waals surface area contributed by atoms with Crippen molar-refractivity contribution in [2.24, 2.45) is 28.6 Å². The second-order valence-corrected chi connectivity index (χ2v) is 7.62. The summed E-state index contributed by atoms with van der Waals surface area (Å²) >= 11 is 0. The third kappa shape index (κ3) is 1.28. The zero-order chi connectivity index (χ0) is 11.4. The third-order valence-electron chi connectivity index (χ3n) is 7.08. The first-order valence-electron chi connectivity index (χ1n) is 7.56. The van der Waals surface area contributed by atoms with Gasteiger partial charge in [-0.1, -0.05) is 52.9 Å². The van der Waals surface area contributed by atoms with Gasteiger partial charge in [-0.15, -0.1) is 0 Å². The molecule has 3 aliphatic rings. The van der Waals surface area contributed by atoms with Crippen LogP contribution in [0.25, 0.3) is 0 Å². The standard InChI is InChI=1S/C16H28/c1-15(2)13-9-10-16(15,3)14(11-13)12-7-5-4-6-8-12/h12-14H,4-11H2,1-3H3/t13-,14?,16-/m1/s1. The molecule has 3 fully saturated rings. The number of fused-ring (bicyclic) bond motifs is 2. The Morgan fingerprint density at radius 1 is 0.875 bits per heavy atom.